The summed E-state index contributed by atoms with van der Waals surface area (Å²) in [6.07, 6.45) is -2.21. The Hall–Kier alpha value is -4.22. The van der Waals surface area contributed by atoms with Crippen molar-refractivity contribution in [1.82, 2.24) is 24.7 Å². The Kier molecular flexibility index (Phi) is 5.11. The average molecular weight is 484 g/mol. The maximum absolute atomic E-state index is 13.4. The molecule has 2 N–H and O–H groups in total. The van der Waals surface area contributed by atoms with E-state index in [1.807, 2.05) is 0 Å². The molecule has 0 saturated heterocycles. The van der Waals surface area contributed by atoms with Gasteiger partial charge < -0.3 is 15.2 Å². The van der Waals surface area contributed by atoms with Crippen LogP contribution in [0.1, 0.15) is 12.8 Å². The summed E-state index contributed by atoms with van der Waals surface area (Å²) in [5.74, 6) is -1.24. The van der Waals surface area contributed by atoms with Gasteiger partial charge in [0, 0.05) is 30.4 Å². The van der Waals surface area contributed by atoms with E-state index in [1.54, 1.807) is 36.1 Å². The minimum absolute atomic E-state index is 0.0539. The first-order valence-corrected chi connectivity index (χ1v) is 10.5. The fourth-order valence-electron chi connectivity index (χ4n) is 3.93. The standard InChI is InChI=1S/C23H19F3N6O3/c1-32-10-14(17(31-32)12-4-3-5-13(33)8-12)18-19-15(27-11-28-18)9-16(35-2)20(29-19)30-21(34)22(6-7-22)23(24,25)26/h3-5,8-11,33H,6-7H2,1-2H3,(H,29,30,34). The number of hydrogen-bond acceptors (Lipinski definition) is 7. The molecule has 1 aromatic carbocycles. The first-order chi connectivity index (χ1) is 16.6. The Morgan fingerprint density at radius 3 is 2.63 bits per heavy atom. The van der Waals surface area contributed by atoms with Crippen molar-refractivity contribution < 1.29 is 27.8 Å². The SMILES string of the molecule is COc1cc2ncnc(-c3cn(C)nc3-c3cccc(O)c3)c2nc1NC(=O)C1(C(F)(F)F)CC1. The number of alkyl halides is 3. The summed E-state index contributed by atoms with van der Waals surface area (Å²) >= 11 is 0. The van der Waals surface area contributed by atoms with Gasteiger partial charge >= 0.3 is 6.18 Å². The number of methoxy groups -OCH3 is 1. The van der Waals surface area contributed by atoms with Crippen LogP contribution in [0.25, 0.3) is 33.5 Å². The molecule has 0 spiro atoms. The lowest BCUT2D eigenvalue weighted by atomic mass is 10.0. The van der Waals surface area contributed by atoms with E-state index in [0.29, 0.717) is 28.0 Å². The van der Waals surface area contributed by atoms with Gasteiger partial charge in [-0.3, -0.25) is 9.48 Å². The highest BCUT2D eigenvalue weighted by atomic mass is 19.4. The monoisotopic (exact) mass is 484 g/mol. The van der Waals surface area contributed by atoms with Crippen molar-refractivity contribution in [2.75, 3.05) is 12.4 Å². The van der Waals surface area contributed by atoms with Gasteiger partial charge in [0.05, 0.1) is 12.6 Å². The van der Waals surface area contributed by atoms with Crippen molar-refractivity contribution in [2.45, 2.75) is 19.0 Å². The van der Waals surface area contributed by atoms with Crippen LogP contribution in [0.15, 0.2) is 42.9 Å². The molecular formula is C23H19F3N6O3. The zero-order chi connectivity index (χ0) is 25.0. The number of aryl methyl sites for hydroxylation is 1. The van der Waals surface area contributed by atoms with Crippen LogP contribution in [0.2, 0.25) is 0 Å². The number of phenols is 1. The van der Waals surface area contributed by atoms with E-state index in [0.717, 1.165) is 0 Å². The van der Waals surface area contributed by atoms with Gasteiger partial charge in [0.15, 0.2) is 11.6 Å². The fourth-order valence-corrected chi connectivity index (χ4v) is 3.93. The van der Waals surface area contributed by atoms with Crippen LogP contribution in [0, 0.1) is 5.41 Å². The normalized spacial score (nSPS) is 14.7. The van der Waals surface area contributed by atoms with E-state index < -0.39 is 17.5 Å². The van der Waals surface area contributed by atoms with Gasteiger partial charge in [0.1, 0.15) is 34.4 Å². The number of rotatable bonds is 5. The number of aromatic nitrogens is 5. The summed E-state index contributed by atoms with van der Waals surface area (Å²) < 4.78 is 47.2. The third-order valence-corrected chi connectivity index (χ3v) is 5.96. The highest BCUT2D eigenvalue weighted by molar-refractivity contribution is 6.00. The number of carbonyl (C=O) groups is 1. The summed E-state index contributed by atoms with van der Waals surface area (Å²) in [5, 5.41) is 16.7. The number of carbonyl (C=O) groups excluding carboxylic acids is 1. The Morgan fingerprint density at radius 2 is 1.97 bits per heavy atom. The Bertz CT molecular complexity index is 1460. The van der Waals surface area contributed by atoms with Gasteiger partial charge in [-0.15, -0.1) is 0 Å². The molecule has 3 aromatic heterocycles. The quantitative estimate of drug-likeness (QED) is 0.439. The molecule has 4 aromatic rings. The molecule has 1 aliphatic rings. The molecule has 0 radical (unpaired) electrons. The number of benzene rings is 1. The number of nitrogens with one attached hydrogen (secondary N) is 1. The summed E-state index contributed by atoms with van der Waals surface area (Å²) in [4.78, 5) is 25.6. The van der Waals surface area contributed by atoms with Crippen LogP contribution >= 0.6 is 0 Å². The average Bonchev–Trinajstić information content (AvgIpc) is 3.55. The molecule has 1 amide bonds. The van der Waals surface area contributed by atoms with Gasteiger partial charge in [0.25, 0.3) is 0 Å². The predicted octanol–water partition coefficient (Wildman–Crippen LogP) is 4.09. The number of phenolic OH excluding ortho intramolecular Hbond substituents is 1. The largest absolute Gasteiger partial charge is 0.508 e. The summed E-state index contributed by atoms with van der Waals surface area (Å²) in [6.45, 7) is 0. The first kappa shape index (κ1) is 22.6. The molecule has 35 heavy (non-hydrogen) atoms. The minimum atomic E-state index is -4.67. The summed E-state index contributed by atoms with van der Waals surface area (Å²) in [5.41, 5.74) is 0.181. The molecule has 0 aliphatic heterocycles. The van der Waals surface area contributed by atoms with E-state index in [9.17, 15) is 23.1 Å². The lowest BCUT2D eigenvalue weighted by Crippen LogP contribution is -2.37. The Labute approximate surface area is 196 Å². The number of nitrogens with zero attached hydrogens (tertiary/aromatic N) is 5. The molecular weight excluding hydrogens is 465 g/mol. The van der Waals surface area contributed by atoms with Gasteiger partial charge in [-0.2, -0.15) is 18.3 Å². The molecule has 1 fully saturated rings. The minimum Gasteiger partial charge on any atom is -0.508 e. The third kappa shape index (κ3) is 3.80. The van der Waals surface area contributed by atoms with Crippen molar-refractivity contribution in [3.63, 3.8) is 0 Å². The number of anilines is 1. The Balaban J connectivity index is 1.64. The third-order valence-electron chi connectivity index (χ3n) is 5.96. The van der Waals surface area contributed by atoms with E-state index >= 15 is 0 Å². The second-order valence-corrected chi connectivity index (χ2v) is 8.28. The number of ether oxygens (including phenoxy) is 1. The zero-order valence-electron chi connectivity index (χ0n) is 18.6. The lowest BCUT2D eigenvalue weighted by molar-refractivity contribution is -0.189. The van der Waals surface area contributed by atoms with Crippen molar-refractivity contribution in [3.8, 4) is 34.0 Å². The molecule has 0 bridgehead atoms. The van der Waals surface area contributed by atoms with Crippen molar-refractivity contribution in [2.24, 2.45) is 12.5 Å². The van der Waals surface area contributed by atoms with Crippen LogP contribution in [0.4, 0.5) is 19.0 Å². The number of halogens is 3. The molecule has 0 atom stereocenters. The van der Waals surface area contributed by atoms with Crippen molar-refractivity contribution >= 4 is 22.8 Å². The number of pyridine rings is 1. The van der Waals surface area contributed by atoms with Gasteiger partial charge in [-0.05, 0) is 25.0 Å². The maximum Gasteiger partial charge on any atom is 0.403 e. The zero-order valence-corrected chi connectivity index (χ0v) is 18.6. The van der Waals surface area contributed by atoms with Gasteiger partial charge in [0.2, 0.25) is 5.91 Å². The fraction of sp³-hybridized carbons (Fsp3) is 0.261. The van der Waals surface area contributed by atoms with E-state index in [-0.39, 0.29) is 35.7 Å². The maximum atomic E-state index is 13.4. The van der Waals surface area contributed by atoms with Crippen LogP contribution in [0.3, 0.4) is 0 Å². The molecule has 1 saturated carbocycles. The predicted molar refractivity (Wildman–Crippen MR) is 120 cm³/mol. The second-order valence-electron chi connectivity index (χ2n) is 8.28. The van der Waals surface area contributed by atoms with E-state index in [4.69, 9.17) is 4.74 Å². The van der Waals surface area contributed by atoms with Crippen molar-refractivity contribution in [1.29, 1.82) is 0 Å². The smallest absolute Gasteiger partial charge is 0.403 e. The van der Waals surface area contributed by atoms with Crippen LogP contribution < -0.4 is 10.1 Å². The van der Waals surface area contributed by atoms with Gasteiger partial charge in [-0.25, -0.2) is 15.0 Å². The van der Waals surface area contributed by atoms with E-state index in [2.05, 4.69) is 25.4 Å². The number of amides is 1. The number of fused-ring (bicyclic) bond motifs is 1. The molecule has 12 heteroatoms. The summed E-state index contributed by atoms with van der Waals surface area (Å²) in [7, 11) is 3.03. The van der Waals surface area contributed by atoms with E-state index in [1.165, 1.54) is 25.6 Å². The number of aromatic hydroxyl groups is 1. The van der Waals surface area contributed by atoms with Gasteiger partial charge in [-0.1, -0.05) is 12.1 Å². The Morgan fingerprint density at radius 1 is 1.20 bits per heavy atom. The highest BCUT2D eigenvalue weighted by Gasteiger charge is 2.68. The van der Waals surface area contributed by atoms with Crippen LogP contribution in [0.5, 0.6) is 11.5 Å². The molecule has 5 rings (SSSR count). The van der Waals surface area contributed by atoms with Crippen LogP contribution in [-0.4, -0.2) is 49.0 Å². The lowest BCUT2D eigenvalue weighted by Gasteiger charge is -2.19. The highest BCUT2D eigenvalue weighted by Crippen LogP contribution is 2.58. The molecule has 3 heterocycles. The topological polar surface area (TPSA) is 115 Å². The van der Waals surface area contributed by atoms with Crippen LogP contribution in [-0.2, 0) is 11.8 Å². The number of hydrogen-bond donors (Lipinski definition) is 2. The first-order valence-electron chi connectivity index (χ1n) is 10.5. The molecule has 1 aliphatic carbocycles. The second kappa shape index (κ2) is 7.93. The molecule has 180 valence electrons. The molecule has 0 unspecified atom stereocenters. The molecule has 9 nitrogen and oxygen atoms in total. The summed E-state index contributed by atoms with van der Waals surface area (Å²) in [6, 6.07) is 7.99. The van der Waals surface area contributed by atoms with Crippen molar-refractivity contribution in [3.05, 3.63) is 42.9 Å².